The number of fused-ring (bicyclic) bond motifs is 2. The molecule has 0 saturated carbocycles. The molecule has 1 fully saturated rings. The van der Waals surface area contributed by atoms with Gasteiger partial charge in [0, 0.05) is 43.2 Å². The summed E-state index contributed by atoms with van der Waals surface area (Å²) in [6, 6.07) is 15.5. The first-order valence-electron chi connectivity index (χ1n) is 12.8. The van der Waals surface area contributed by atoms with Crippen molar-refractivity contribution >= 4 is 45.5 Å². The molecule has 1 aliphatic rings. The molecule has 3 aromatic carbocycles. The molecule has 0 aliphatic carbocycles. The zero-order valence-corrected chi connectivity index (χ0v) is 22.6. The predicted molar refractivity (Wildman–Crippen MR) is 151 cm³/mol. The van der Waals surface area contributed by atoms with Gasteiger partial charge in [0.15, 0.2) is 5.82 Å². The van der Waals surface area contributed by atoms with Crippen molar-refractivity contribution in [1.29, 1.82) is 0 Å². The van der Waals surface area contributed by atoms with Crippen molar-refractivity contribution in [2.24, 2.45) is 0 Å². The van der Waals surface area contributed by atoms with Gasteiger partial charge in [0.2, 0.25) is 6.41 Å². The van der Waals surface area contributed by atoms with E-state index in [1.807, 2.05) is 63.5 Å². The summed E-state index contributed by atoms with van der Waals surface area (Å²) in [5, 5.41) is 2.71. The van der Waals surface area contributed by atoms with Crippen LogP contribution in [0.25, 0.3) is 32.8 Å². The minimum atomic E-state index is -0.509. The lowest BCUT2D eigenvalue weighted by Crippen LogP contribution is -2.51. The fourth-order valence-corrected chi connectivity index (χ4v) is 5.31. The molecule has 5 rings (SSSR count). The second-order valence-electron chi connectivity index (χ2n) is 9.94. The Balaban J connectivity index is 1.64. The summed E-state index contributed by atoms with van der Waals surface area (Å²) >= 11 is 6.80. The number of amides is 1. The van der Waals surface area contributed by atoms with Gasteiger partial charge in [-0.3, -0.25) is 4.79 Å². The standard InChI is InChI=1S/C29H31ClFN5O2/c1-19-17-35(13-14-36(19)18-37)28-23-16-24(30)25(22-11-6-9-20-8-4-5-10-21(20)22)26(31)27(23)32-29(33-28)38-15-7-12-34(2)3/h4-6,8-11,16,18-19H,7,12-15,17H2,1-3H3. The van der Waals surface area contributed by atoms with Crippen LogP contribution in [0.3, 0.4) is 0 Å². The number of hydrogen-bond acceptors (Lipinski definition) is 6. The summed E-state index contributed by atoms with van der Waals surface area (Å²) in [4.78, 5) is 26.5. The molecule has 0 spiro atoms. The van der Waals surface area contributed by atoms with E-state index in [0.717, 1.165) is 30.1 Å². The van der Waals surface area contributed by atoms with Gasteiger partial charge in [0.1, 0.15) is 11.3 Å². The van der Waals surface area contributed by atoms with Gasteiger partial charge in [-0.25, -0.2) is 4.39 Å². The highest BCUT2D eigenvalue weighted by molar-refractivity contribution is 6.35. The number of ether oxygens (including phenoxy) is 1. The Kier molecular flexibility index (Phi) is 7.63. The average molecular weight is 536 g/mol. The van der Waals surface area contributed by atoms with Gasteiger partial charge in [-0.2, -0.15) is 9.97 Å². The molecule has 9 heteroatoms. The van der Waals surface area contributed by atoms with Gasteiger partial charge in [0.05, 0.1) is 11.6 Å². The quantitative estimate of drug-likeness (QED) is 0.227. The number of carbonyl (C=O) groups is 1. The van der Waals surface area contributed by atoms with Crippen LogP contribution in [0, 0.1) is 5.82 Å². The number of aromatic nitrogens is 2. The van der Waals surface area contributed by atoms with Crippen LogP contribution < -0.4 is 9.64 Å². The second kappa shape index (κ2) is 11.1. The molecule has 38 heavy (non-hydrogen) atoms. The molecule has 0 bridgehead atoms. The van der Waals surface area contributed by atoms with E-state index >= 15 is 4.39 Å². The zero-order valence-electron chi connectivity index (χ0n) is 21.8. The molecule has 1 atom stereocenters. The van der Waals surface area contributed by atoms with Gasteiger partial charge in [0.25, 0.3) is 0 Å². The lowest BCUT2D eigenvalue weighted by atomic mass is 9.96. The molecular formula is C29H31ClFN5O2. The molecule has 1 unspecified atom stereocenters. The Morgan fingerprint density at radius 3 is 2.68 bits per heavy atom. The fourth-order valence-electron chi connectivity index (χ4n) is 5.02. The third kappa shape index (κ3) is 5.11. The van der Waals surface area contributed by atoms with E-state index in [1.54, 1.807) is 11.0 Å². The van der Waals surface area contributed by atoms with Gasteiger partial charge in [-0.1, -0.05) is 54.1 Å². The van der Waals surface area contributed by atoms with Crippen LogP contribution in [0.1, 0.15) is 13.3 Å². The van der Waals surface area contributed by atoms with E-state index in [4.69, 9.17) is 21.3 Å². The Labute approximate surface area is 226 Å². The van der Waals surface area contributed by atoms with Crippen LogP contribution in [0.15, 0.2) is 48.5 Å². The van der Waals surface area contributed by atoms with Crippen molar-refractivity contribution in [2.45, 2.75) is 19.4 Å². The highest BCUT2D eigenvalue weighted by Crippen LogP contribution is 2.41. The van der Waals surface area contributed by atoms with Gasteiger partial charge in [-0.05, 0) is 49.8 Å². The normalized spacial score (nSPS) is 16.0. The van der Waals surface area contributed by atoms with Crippen LogP contribution in [0.4, 0.5) is 10.2 Å². The maximum atomic E-state index is 16.4. The van der Waals surface area contributed by atoms with Crippen LogP contribution in [0.2, 0.25) is 5.02 Å². The second-order valence-corrected chi connectivity index (χ2v) is 10.4. The van der Waals surface area contributed by atoms with Crippen LogP contribution >= 0.6 is 11.6 Å². The van der Waals surface area contributed by atoms with Crippen LogP contribution in [-0.4, -0.2) is 79.1 Å². The van der Waals surface area contributed by atoms with Crippen molar-refractivity contribution in [1.82, 2.24) is 19.8 Å². The Morgan fingerprint density at radius 1 is 1.13 bits per heavy atom. The van der Waals surface area contributed by atoms with Crippen molar-refractivity contribution in [2.75, 3.05) is 51.8 Å². The number of nitrogens with zero attached hydrogens (tertiary/aromatic N) is 5. The smallest absolute Gasteiger partial charge is 0.319 e. The topological polar surface area (TPSA) is 61.8 Å². The summed E-state index contributed by atoms with van der Waals surface area (Å²) in [6.45, 7) is 4.88. The number of rotatable bonds is 8. The zero-order chi connectivity index (χ0) is 26.8. The number of anilines is 1. The van der Waals surface area contributed by atoms with Crippen molar-refractivity contribution in [3.8, 4) is 17.1 Å². The molecule has 7 nitrogen and oxygen atoms in total. The Bertz CT molecular complexity index is 1480. The number of benzene rings is 3. The molecule has 4 aromatic rings. The molecule has 1 aromatic heterocycles. The van der Waals surface area contributed by atoms with Crippen molar-refractivity contribution in [3.63, 3.8) is 0 Å². The van der Waals surface area contributed by atoms with E-state index in [-0.39, 0.29) is 22.6 Å². The van der Waals surface area contributed by atoms with Gasteiger partial charge >= 0.3 is 6.01 Å². The largest absolute Gasteiger partial charge is 0.463 e. The lowest BCUT2D eigenvalue weighted by molar-refractivity contribution is -0.120. The van der Waals surface area contributed by atoms with Crippen molar-refractivity contribution in [3.05, 3.63) is 59.4 Å². The first-order valence-corrected chi connectivity index (χ1v) is 13.2. The van der Waals surface area contributed by atoms with Gasteiger partial charge < -0.3 is 19.4 Å². The number of piperazine rings is 1. The maximum absolute atomic E-state index is 16.4. The number of halogens is 2. The monoisotopic (exact) mass is 535 g/mol. The summed E-state index contributed by atoms with van der Waals surface area (Å²) in [5.41, 5.74) is 1.17. The van der Waals surface area contributed by atoms with Gasteiger partial charge in [-0.15, -0.1) is 0 Å². The SMILES string of the molecule is CC1CN(c2nc(OCCCN(C)C)nc3c(F)c(-c4cccc5ccccc45)c(Cl)cc23)CCN1C=O. The van der Waals surface area contributed by atoms with Crippen LogP contribution in [-0.2, 0) is 4.79 Å². The first-order chi connectivity index (χ1) is 18.4. The summed E-state index contributed by atoms with van der Waals surface area (Å²) in [5.74, 6) is 0.0468. The summed E-state index contributed by atoms with van der Waals surface area (Å²) in [6.07, 6.45) is 1.65. The van der Waals surface area contributed by atoms with E-state index in [2.05, 4.69) is 14.8 Å². The third-order valence-corrected chi connectivity index (χ3v) is 7.29. The summed E-state index contributed by atoms with van der Waals surface area (Å²) in [7, 11) is 4.00. The predicted octanol–water partition coefficient (Wildman–Crippen LogP) is 5.24. The number of hydrogen-bond donors (Lipinski definition) is 0. The van der Waals surface area contributed by atoms with Crippen molar-refractivity contribution < 1.29 is 13.9 Å². The van der Waals surface area contributed by atoms with E-state index < -0.39 is 5.82 Å². The van der Waals surface area contributed by atoms with E-state index in [9.17, 15) is 4.79 Å². The molecule has 2 heterocycles. The third-order valence-electron chi connectivity index (χ3n) is 7.00. The minimum Gasteiger partial charge on any atom is -0.463 e. The Morgan fingerprint density at radius 2 is 1.92 bits per heavy atom. The first kappa shape index (κ1) is 26.1. The molecular weight excluding hydrogens is 505 g/mol. The average Bonchev–Trinajstić information content (AvgIpc) is 2.91. The highest BCUT2D eigenvalue weighted by Gasteiger charge is 2.28. The highest BCUT2D eigenvalue weighted by atomic mass is 35.5. The molecule has 1 saturated heterocycles. The van der Waals surface area contributed by atoms with Crippen LogP contribution in [0.5, 0.6) is 6.01 Å². The molecule has 0 N–H and O–H groups in total. The lowest BCUT2D eigenvalue weighted by Gasteiger charge is -2.38. The molecule has 1 aliphatic heterocycles. The molecule has 198 valence electrons. The molecule has 0 radical (unpaired) electrons. The van der Waals surface area contributed by atoms with E-state index in [0.29, 0.717) is 48.6 Å². The molecule has 1 amide bonds. The maximum Gasteiger partial charge on any atom is 0.319 e. The Hall–Kier alpha value is -3.49. The fraction of sp³-hybridized carbons (Fsp3) is 0.345. The number of carbonyl (C=O) groups excluding carboxylic acids is 1. The summed E-state index contributed by atoms with van der Waals surface area (Å²) < 4.78 is 22.4. The van der Waals surface area contributed by atoms with E-state index in [1.165, 1.54) is 0 Å². The minimum absolute atomic E-state index is 0.0222.